The fourth-order valence-corrected chi connectivity index (χ4v) is 3.35. The van der Waals surface area contributed by atoms with Gasteiger partial charge in [0.1, 0.15) is 11.5 Å². The molecule has 2 N–H and O–H groups in total. The Morgan fingerprint density at radius 1 is 1.10 bits per heavy atom. The van der Waals surface area contributed by atoms with E-state index >= 15 is 0 Å². The summed E-state index contributed by atoms with van der Waals surface area (Å²) in [6.45, 7) is 5.68. The largest absolute Gasteiger partial charge is 0.479 e. The lowest BCUT2D eigenvalue weighted by Crippen LogP contribution is -2.44. The molecule has 4 rings (SSSR count). The highest BCUT2D eigenvalue weighted by Crippen LogP contribution is 2.37. The van der Waals surface area contributed by atoms with Crippen molar-refractivity contribution in [3.63, 3.8) is 0 Å². The molecule has 1 aromatic heterocycles. The Morgan fingerprint density at radius 3 is 2.53 bits per heavy atom. The van der Waals surface area contributed by atoms with E-state index in [1.165, 1.54) is 0 Å². The summed E-state index contributed by atoms with van der Waals surface area (Å²) in [6, 6.07) is 14.0. The van der Waals surface area contributed by atoms with Crippen LogP contribution in [0, 0.1) is 13.8 Å². The van der Waals surface area contributed by atoms with Gasteiger partial charge in [-0.15, -0.1) is 0 Å². The Bertz CT molecular complexity index is 1070. The number of carbonyl (C=O) groups is 2. The number of fused-ring (bicyclic) bond motifs is 1. The van der Waals surface area contributed by atoms with Gasteiger partial charge < -0.3 is 24.8 Å². The molecule has 1 atom stereocenters. The maximum atomic E-state index is 12.9. The molecule has 0 saturated carbocycles. The molecule has 154 valence electrons. The second-order valence-electron chi connectivity index (χ2n) is 7.11. The number of hydrogen-bond acceptors (Lipinski definition) is 5. The number of rotatable bonds is 4. The van der Waals surface area contributed by atoms with Crippen LogP contribution in [0.2, 0.25) is 0 Å². The van der Waals surface area contributed by atoms with E-state index in [9.17, 15) is 9.59 Å². The van der Waals surface area contributed by atoms with Gasteiger partial charge in [0.25, 0.3) is 5.91 Å². The molecule has 0 aliphatic carbocycles. The van der Waals surface area contributed by atoms with Crippen LogP contribution >= 0.6 is 0 Å². The van der Waals surface area contributed by atoms with Gasteiger partial charge in [-0.2, -0.15) is 0 Å². The van der Waals surface area contributed by atoms with Gasteiger partial charge in [-0.1, -0.05) is 23.4 Å². The molecule has 0 fully saturated rings. The monoisotopic (exact) mass is 406 g/mol. The first-order chi connectivity index (χ1) is 14.4. The fourth-order valence-electron chi connectivity index (χ4n) is 3.35. The minimum absolute atomic E-state index is 0.173. The highest BCUT2D eigenvalue weighted by molar-refractivity contribution is 6.03. The van der Waals surface area contributed by atoms with E-state index in [1.807, 2.05) is 32.0 Å². The van der Waals surface area contributed by atoms with Gasteiger partial charge in [0, 0.05) is 16.9 Å². The van der Waals surface area contributed by atoms with Crippen LogP contribution in [0.5, 0.6) is 5.75 Å². The molecule has 8 heteroatoms. The zero-order valence-corrected chi connectivity index (χ0v) is 16.9. The number of nitrogens with zero attached hydrogens (tertiary/aromatic N) is 2. The summed E-state index contributed by atoms with van der Waals surface area (Å²) in [7, 11) is 0. The number of para-hydroxylation sites is 1. The quantitative estimate of drug-likeness (QED) is 0.675. The number of nitrogens with one attached hydrogen (secondary N) is 2. The van der Waals surface area contributed by atoms with Crippen molar-refractivity contribution < 1.29 is 18.8 Å². The Labute approximate surface area is 173 Å². The van der Waals surface area contributed by atoms with Gasteiger partial charge >= 0.3 is 6.03 Å². The maximum Gasteiger partial charge on any atom is 0.323 e. The van der Waals surface area contributed by atoms with Crippen molar-refractivity contribution in [3.8, 4) is 5.75 Å². The SMILES string of the molecule is Cc1noc(C)c1CN1C(=O)C(C)Oc2ccc(NC(=O)Nc3ccccc3)cc21. The number of carbonyl (C=O) groups excluding carboxylic acids is 2. The summed E-state index contributed by atoms with van der Waals surface area (Å²) < 4.78 is 11.0. The number of benzene rings is 2. The van der Waals surface area contributed by atoms with Gasteiger partial charge in [-0.25, -0.2) is 4.79 Å². The van der Waals surface area contributed by atoms with Gasteiger partial charge in [-0.05, 0) is 51.1 Å². The van der Waals surface area contributed by atoms with Crippen molar-refractivity contribution in [3.05, 3.63) is 65.5 Å². The second kappa shape index (κ2) is 7.90. The smallest absolute Gasteiger partial charge is 0.323 e. The predicted molar refractivity (Wildman–Crippen MR) is 113 cm³/mol. The Morgan fingerprint density at radius 2 is 1.83 bits per heavy atom. The van der Waals surface area contributed by atoms with Crippen LogP contribution in [-0.2, 0) is 11.3 Å². The van der Waals surface area contributed by atoms with Gasteiger partial charge in [0.15, 0.2) is 6.10 Å². The lowest BCUT2D eigenvalue weighted by molar-refractivity contribution is -0.125. The Balaban J connectivity index is 1.59. The number of urea groups is 1. The van der Waals surface area contributed by atoms with E-state index < -0.39 is 6.10 Å². The highest BCUT2D eigenvalue weighted by atomic mass is 16.5. The molecule has 2 aromatic carbocycles. The number of amides is 3. The highest BCUT2D eigenvalue weighted by Gasteiger charge is 2.33. The molecular formula is C22H22N4O4. The van der Waals surface area contributed by atoms with Crippen molar-refractivity contribution in [2.24, 2.45) is 0 Å². The molecule has 3 aromatic rings. The average Bonchev–Trinajstić information content (AvgIpc) is 3.04. The third kappa shape index (κ3) is 3.84. The third-order valence-corrected chi connectivity index (χ3v) is 4.95. The minimum Gasteiger partial charge on any atom is -0.479 e. The summed E-state index contributed by atoms with van der Waals surface area (Å²) in [5.41, 5.74) is 3.38. The molecular weight excluding hydrogens is 384 g/mol. The topological polar surface area (TPSA) is 96.7 Å². The molecule has 2 heterocycles. The van der Waals surface area contributed by atoms with Crippen LogP contribution in [0.3, 0.4) is 0 Å². The summed E-state index contributed by atoms with van der Waals surface area (Å²) in [4.78, 5) is 26.8. The van der Waals surface area contributed by atoms with Crippen LogP contribution in [0.1, 0.15) is 23.9 Å². The number of aryl methyl sites for hydroxylation is 2. The van der Waals surface area contributed by atoms with Crippen LogP contribution < -0.4 is 20.3 Å². The van der Waals surface area contributed by atoms with Crippen molar-refractivity contribution >= 4 is 29.0 Å². The average molecular weight is 406 g/mol. The zero-order valence-electron chi connectivity index (χ0n) is 16.9. The first kappa shape index (κ1) is 19.5. The standard InChI is InChI=1S/C22H22N4O4/c1-13-18(14(2)30-25-13)12-26-19-11-17(9-10-20(19)29-15(3)21(26)27)24-22(28)23-16-7-5-4-6-8-16/h4-11,15H,12H2,1-3H3,(H2,23,24,28). The van der Waals surface area contributed by atoms with Crippen LogP contribution in [-0.4, -0.2) is 23.2 Å². The van der Waals surface area contributed by atoms with Crippen LogP contribution in [0.4, 0.5) is 21.9 Å². The molecule has 0 radical (unpaired) electrons. The molecule has 1 unspecified atom stereocenters. The van der Waals surface area contributed by atoms with E-state index in [4.69, 9.17) is 9.26 Å². The normalized spacial score (nSPS) is 15.4. The molecule has 0 saturated heterocycles. The number of ether oxygens (including phenoxy) is 1. The molecule has 1 aliphatic heterocycles. The third-order valence-electron chi connectivity index (χ3n) is 4.95. The van der Waals surface area contributed by atoms with E-state index in [1.54, 1.807) is 42.2 Å². The van der Waals surface area contributed by atoms with Crippen LogP contribution in [0.25, 0.3) is 0 Å². The molecule has 8 nitrogen and oxygen atoms in total. The summed E-state index contributed by atoms with van der Waals surface area (Å²) >= 11 is 0. The molecule has 3 amide bonds. The zero-order chi connectivity index (χ0) is 21.3. The fraction of sp³-hybridized carbons (Fsp3) is 0.227. The second-order valence-corrected chi connectivity index (χ2v) is 7.11. The predicted octanol–water partition coefficient (Wildman–Crippen LogP) is 4.25. The molecule has 1 aliphatic rings. The van der Waals surface area contributed by atoms with Crippen LogP contribution in [0.15, 0.2) is 53.1 Å². The summed E-state index contributed by atoms with van der Waals surface area (Å²) in [5, 5.41) is 9.53. The molecule has 0 spiro atoms. The van der Waals surface area contributed by atoms with Crippen molar-refractivity contribution in [1.29, 1.82) is 0 Å². The summed E-state index contributed by atoms with van der Waals surface area (Å²) in [5.74, 6) is 1.06. The van der Waals surface area contributed by atoms with Crippen molar-refractivity contribution in [1.82, 2.24) is 5.16 Å². The Hall–Kier alpha value is -3.81. The first-order valence-corrected chi connectivity index (χ1v) is 9.59. The molecule has 30 heavy (non-hydrogen) atoms. The first-order valence-electron chi connectivity index (χ1n) is 9.59. The lowest BCUT2D eigenvalue weighted by atomic mass is 10.1. The van der Waals surface area contributed by atoms with Gasteiger partial charge in [0.2, 0.25) is 0 Å². The minimum atomic E-state index is -0.613. The van der Waals surface area contributed by atoms with Crippen molar-refractivity contribution in [2.45, 2.75) is 33.4 Å². The Kier molecular flexibility index (Phi) is 5.14. The van der Waals surface area contributed by atoms with E-state index in [-0.39, 0.29) is 11.9 Å². The van der Waals surface area contributed by atoms with Gasteiger partial charge in [0.05, 0.1) is 17.9 Å². The molecule has 0 bridgehead atoms. The van der Waals surface area contributed by atoms with E-state index in [0.29, 0.717) is 35.1 Å². The lowest BCUT2D eigenvalue weighted by Gasteiger charge is -2.33. The van der Waals surface area contributed by atoms with Crippen molar-refractivity contribution in [2.75, 3.05) is 15.5 Å². The van der Waals surface area contributed by atoms with E-state index in [2.05, 4.69) is 15.8 Å². The maximum absolute atomic E-state index is 12.9. The number of anilines is 3. The summed E-state index contributed by atoms with van der Waals surface area (Å²) in [6.07, 6.45) is -0.613. The van der Waals surface area contributed by atoms with E-state index in [0.717, 1.165) is 11.3 Å². The number of hydrogen-bond donors (Lipinski definition) is 2. The number of aromatic nitrogens is 1. The van der Waals surface area contributed by atoms with Gasteiger partial charge in [-0.3, -0.25) is 4.79 Å².